The Morgan fingerprint density at radius 2 is 1.97 bits per heavy atom. The summed E-state index contributed by atoms with van der Waals surface area (Å²) in [5, 5.41) is 0.616. The Morgan fingerprint density at radius 3 is 2.69 bits per heavy atom. The second-order valence-electron chi connectivity index (χ2n) is 5.80. The Hall–Kier alpha value is -1.96. The molecule has 1 aliphatic rings. The van der Waals surface area contributed by atoms with Crippen LogP contribution in [0, 0.1) is 0 Å². The molecule has 0 amide bonds. The minimum absolute atomic E-state index is 0.0289. The third-order valence-electron chi connectivity index (χ3n) is 3.77. The molecule has 1 aliphatic heterocycles. The Labute approximate surface area is 176 Å². The van der Waals surface area contributed by atoms with E-state index in [1.165, 1.54) is 24.3 Å². The topological polar surface area (TPSA) is 101 Å². The summed E-state index contributed by atoms with van der Waals surface area (Å²) in [4.78, 5) is 22.6. The van der Waals surface area contributed by atoms with Crippen molar-refractivity contribution in [1.29, 1.82) is 0 Å². The summed E-state index contributed by atoms with van der Waals surface area (Å²) in [6, 6.07) is 8.99. The number of ether oxygens (including phenoxy) is 4. The van der Waals surface area contributed by atoms with Crippen molar-refractivity contribution in [2.24, 2.45) is 0 Å². The summed E-state index contributed by atoms with van der Waals surface area (Å²) in [6.07, 6.45) is 0. The number of carbonyl (C=O) groups excluding carboxylic acids is 1. The lowest BCUT2D eigenvalue weighted by atomic mass is 10.2. The van der Waals surface area contributed by atoms with Gasteiger partial charge >= 0.3 is 13.6 Å². The molecule has 11 heteroatoms. The fourth-order valence-corrected chi connectivity index (χ4v) is 4.29. The molecular weight excluding hydrogens is 446 g/mol. The van der Waals surface area contributed by atoms with Crippen LogP contribution in [0.2, 0.25) is 10.0 Å². The Bertz CT molecular complexity index is 951. The fourth-order valence-electron chi connectivity index (χ4n) is 2.53. The molecule has 1 N–H and O–H groups in total. The van der Waals surface area contributed by atoms with Gasteiger partial charge in [-0.15, -0.1) is 0 Å². The van der Waals surface area contributed by atoms with Crippen LogP contribution in [0.5, 0.6) is 17.2 Å². The van der Waals surface area contributed by atoms with Gasteiger partial charge in [-0.05, 0) is 37.3 Å². The van der Waals surface area contributed by atoms with Crippen LogP contribution >= 0.6 is 30.8 Å². The molecule has 0 aliphatic carbocycles. The van der Waals surface area contributed by atoms with Crippen LogP contribution in [0.15, 0.2) is 36.4 Å². The van der Waals surface area contributed by atoms with Crippen LogP contribution in [0.25, 0.3) is 0 Å². The van der Waals surface area contributed by atoms with Crippen LogP contribution in [0.1, 0.15) is 18.3 Å². The first-order chi connectivity index (χ1) is 13.8. The summed E-state index contributed by atoms with van der Waals surface area (Å²) in [5.74, 6) is -1.42. The Morgan fingerprint density at radius 1 is 1.21 bits per heavy atom. The Balaban J connectivity index is 1.76. The fraction of sp³-hybridized carbons (Fsp3) is 0.278. The number of fused-ring (bicyclic) bond motifs is 1. The second-order valence-corrected chi connectivity index (χ2v) is 8.50. The first-order valence-corrected chi connectivity index (χ1v) is 10.8. The van der Waals surface area contributed by atoms with Crippen LogP contribution < -0.4 is 14.2 Å². The maximum atomic E-state index is 12.6. The molecule has 3 rings (SSSR count). The molecule has 2 aromatic carbocycles. The summed E-state index contributed by atoms with van der Waals surface area (Å²) >= 11 is 11.8. The molecule has 0 radical (unpaired) electrons. The first-order valence-electron chi connectivity index (χ1n) is 8.44. The van der Waals surface area contributed by atoms with E-state index in [4.69, 9.17) is 46.7 Å². The second kappa shape index (κ2) is 9.24. The van der Waals surface area contributed by atoms with Crippen molar-refractivity contribution in [3.8, 4) is 17.2 Å². The zero-order chi connectivity index (χ0) is 21.0. The molecule has 0 bridgehead atoms. The van der Waals surface area contributed by atoms with Crippen molar-refractivity contribution in [2.45, 2.75) is 12.8 Å². The predicted molar refractivity (Wildman–Crippen MR) is 105 cm³/mol. The number of halogens is 2. The van der Waals surface area contributed by atoms with Crippen LogP contribution in [0.3, 0.4) is 0 Å². The average molecular weight is 463 g/mol. The third kappa shape index (κ3) is 5.35. The van der Waals surface area contributed by atoms with Crippen LogP contribution in [-0.4, -0.2) is 30.9 Å². The molecule has 0 spiro atoms. The minimum atomic E-state index is -4.35. The summed E-state index contributed by atoms with van der Waals surface area (Å²) < 4.78 is 38.6. The molecule has 1 heterocycles. The molecule has 2 atom stereocenters. The summed E-state index contributed by atoms with van der Waals surface area (Å²) in [7, 11) is -4.35. The van der Waals surface area contributed by atoms with Gasteiger partial charge in [0.15, 0.2) is 18.1 Å². The maximum absolute atomic E-state index is 12.6. The first kappa shape index (κ1) is 21.7. The van der Waals surface area contributed by atoms with Gasteiger partial charge in [0.1, 0.15) is 5.75 Å². The minimum Gasteiger partial charge on any atom is -0.480 e. The largest absolute Gasteiger partial charge is 0.480 e. The van der Waals surface area contributed by atoms with Crippen molar-refractivity contribution in [2.75, 3.05) is 20.0 Å². The Kier molecular flexibility index (Phi) is 6.93. The third-order valence-corrected chi connectivity index (χ3v) is 5.93. The highest BCUT2D eigenvalue weighted by Gasteiger charge is 2.38. The molecule has 156 valence electrons. The number of hydrogen-bond donors (Lipinski definition) is 1. The van der Waals surface area contributed by atoms with Crippen molar-refractivity contribution in [1.82, 2.24) is 0 Å². The molecule has 0 aromatic heterocycles. The summed E-state index contributed by atoms with van der Waals surface area (Å²) in [5.41, 5.74) is 0.214. The number of rotatable bonds is 8. The van der Waals surface area contributed by atoms with E-state index < -0.39 is 26.0 Å². The van der Waals surface area contributed by atoms with Crippen molar-refractivity contribution >= 4 is 36.8 Å². The molecule has 2 aromatic rings. The van der Waals surface area contributed by atoms with E-state index in [0.717, 1.165) is 0 Å². The molecule has 8 nitrogen and oxygen atoms in total. The van der Waals surface area contributed by atoms with E-state index in [1.54, 1.807) is 19.1 Å². The monoisotopic (exact) mass is 462 g/mol. The highest BCUT2D eigenvalue weighted by Crippen LogP contribution is 2.58. The lowest BCUT2D eigenvalue weighted by Crippen LogP contribution is -2.19. The van der Waals surface area contributed by atoms with E-state index in [1.807, 2.05) is 0 Å². The van der Waals surface area contributed by atoms with Crippen molar-refractivity contribution in [3.63, 3.8) is 0 Å². The van der Waals surface area contributed by atoms with Gasteiger partial charge < -0.3 is 28.4 Å². The molecule has 29 heavy (non-hydrogen) atoms. The van der Waals surface area contributed by atoms with Gasteiger partial charge in [0.2, 0.25) is 12.6 Å². The van der Waals surface area contributed by atoms with Crippen LogP contribution in [-0.2, 0) is 18.6 Å². The highest BCUT2D eigenvalue weighted by molar-refractivity contribution is 7.53. The molecule has 0 saturated carbocycles. The maximum Gasteiger partial charge on any atom is 0.373 e. The van der Waals surface area contributed by atoms with E-state index in [2.05, 4.69) is 0 Å². The van der Waals surface area contributed by atoms with Gasteiger partial charge in [-0.3, -0.25) is 4.57 Å². The SMILES string of the molecule is CCOP(=O)(O)C(OC(=O)COc1ccc(Cl)cc1Cl)c1ccc2c(c1)OCO2. The molecule has 0 saturated heterocycles. The lowest BCUT2D eigenvalue weighted by molar-refractivity contribution is -0.149. The van der Waals surface area contributed by atoms with Gasteiger partial charge in [0, 0.05) is 10.6 Å². The number of hydrogen-bond acceptors (Lipinski definition) is 7. The zero-order valence-electron chi connectivity index (χ0n) is 15.2. The van der Waals surface area contributed by atoms with E-state index >= 15 is 0 Å². The number of carbonyl (C=O) groups is 1. The van der Waals surface area contributed by atoms with Gasteiger partial charge in [0.05, 0.1) is 11.6 Å². The molecule has 2 unspecified atom stereocenters. The van der Waals surface area contributed by atoms with E-state index in [9.17, 15) is 14.3 Å². The molecular formula is C18H17Cl2O8P. The number of esters is 1. The van der Waals surface area contributed by atoms with Gasteiger partial charge in [-0.2, -0.15) is 0 Å². The lowest BCUT2D eigenvalue weighted by Gasteiger charge is -2.23. The summed E-state index contributed by atoms with van der Waals surface area (Å²) in [6.45, 7) is 0.978. The quantitative estimate of drug-likeness (QED) is 0.449. The van der Waals surface area contributed by atoms with Gasteiger partial charge in [0.25, 0.3) is 0 Å². The van der Waals surface area contributed by atoms with E-state index in [0.29, 0.717) is 16.5 Å². The van der Waals surface area contributed by atoms with Gasteiger partial charge in [-0.25, -0.2) is 4.79 Å². The zero-order valence-corrected chi connectivity index (χ0v) is 17.6. The normalized spacial score (nSPS) is 15.4. The number of benzene rings is 2. The van der Waals surface area contributed by atoms with Crippen LogP contribution in [0.4, 0.5) is 0 Å². The standard InChI is InChI=1S/C18H17Cl2O8P/c1-2-27-29(22,23)18(11-3-5-15-16(7-11)26-10-25-15)28-17(21)9-24-14-6-4-12(19)8-13(14)20/h3-8,18H,2,9-10H2,1H3,(H,22,23). The van der Waals surface area contributed by atoms with Crippen molar-refractivity contribution in [3.05, 3.63) is 52.0 Å². The average Bonchev–Trinajstić information content (AvgIpc) is 3.13. The smallest absolute Gasteiger partial charge is 0.373 e. The predicted octanol–water partition coefficient (Wildman–Crippen LogP) is 4.56. The molecule has 0 fully saturated rings. The van der Waals surface area contributed by atoms with Gasteiger partial charge in [-0.1, -0.05) is 29.3 Å². The van der Waals surface area contributed by atoms with Crippen molar-refractivity contribution < 1.29 is 37.7 Å². The van der Waals surface area contributed by atoms with E-state index in [-0.39, 0.29) is 29.7 Å². The highest BCUT2D eigenvalue weighted by atomic mass is 35.5.